The number of ether oxygens (including phenoxy) is 2. The Morgan fingerprint density at radius 2 is 1.12 bits per heavy atom. The van der Waals surface area contributed by atoms with E-state index in [4.69, 9.17) is 9.47 Å². The zero-order valence-electron chi connectivity index (χ0n) is 22.4. The zero-order chi connectivity index (χ0) is 28.8. The van der Waals surface area contributed by atoms with Gasteiger partial charge in [-0.25, -0.2) is 0 Å². The van der Waals surface area contributed by atoms with Gasteiger partial charge >= 0.3 is 5.97 Å². The van der Waals surface area contributed by atoms with Gasteiger partial charge in [-0.15, -0.1) is 0 Å². The summed E-state index contributed by atoms with van der Waals surface area (Å²) in [6, 6.07) is 32.0. The predicted octanol–water partition coefficient (Wildman–Crippen LogP) is 4.85. The normalized spacial score (nSPS) is 21.3. The second kappa shape index (κ2) is 10.3. The maximum atomic E-state index is 13.6. The molecule has 0 aromatic heterocycles. The van der Waals surface area contributed by atoms with E-state index < -0.39 is 36.9 Å². The minimum absolute atomic E-state index is 0.250. The Morgan fingerprint density at radius 3 is 1.64 bits per heavy atom. The molecule has 0 spiro atoms. The van der Waals surface area contributed by atoms with Crippen molar-refractivity contribution < 1.29 is 28.7 Å². The number of hydrogen-bond acceptors (Lipinski definition) is 6. The van der Waals surface area contributed by atoms with Crippen LogP contribution in [0.25, 0.3) is 0 Å². The monoisotopic (exact) mass is 558 g/mol. The van der Waals surface area contributed by atoms with E-state index in [0.717, 1.165) is 27.2 Å². The summed E-state index contributed by atoms with van der Waals surface area (Å²) in [5.41, 5.74) is 4.74. The number of para-hydroxylation sites is 1. The smallest absolute Gasteiger partial charge is 0.326 e. The molecule has 4 aliphatic rings. The van der Waals surface area contributed by atoms with Crippen LogP contribution in [-0.4, -0.2) is 41.7 Å². The van der Waals surface area contributed by atoms with Crippen LogP contribution in [-0.2, 0) is 23.9 Å². The molecule has 4 aromatic carbocycles. The number of carbonyl (C=O) groups is 4. The minimum atomic E-state index is -0.820. The van der Waals surface area contributed by atoms with Gasteiger partial charge in [0.15, 0.2) is 6.61 Å². The quantitative estimate of drug-likeness (QED) is 0.257. The van der Waals surface area contributed by atoms with Crippen LogP contribution in [0, 0.1) is 11.8 Å². The van der Waals surface area contributed by atoms with Gasteiger partial charge in [-0.1, -0.05) is 66.7 Å². The molecule has 4 aromatic rings. The van der Waals surface area contributed by atoms with Crippen LogP contribution < -0.4 is 10.1 Å². The van der Waals surface area contributed by atoms with Gasteiger partial charge in [-0.3, -0.25) is 24.1 Å². The molecule has 42 heavy (non-hydrogen) atoms. The summed E-state index contributed by atoms with van der Waals surface area (Å²) in [4.78, 5) is 53.4. The lowest BCUT2D eigenvalue weighted by Gasteiger charge is -2.45. The molecule has 3 amide bonds. The lowest BCUT2D eigenvalue weighted by Crippen LogP contribution is -2.41. The van der Waals surface area contributed by atoms with Crippen molar-refractivity contribution in [2.24, 2.45) is 11.8 Å². The molecular weight excluding hydrogens is 532 g/mol. The Balaban J connectivity index is 0.986. The van der Waals surface area contributed by atoms with Crippen LogP contribution in [0.3, 0.4) is 0 Å². The summed E-state index contributed by atoms with van der Waals surface area (Å²) >= 11 is 0. The van der Waals surface area contributed by atoms with Crippen molar-refractivity contribution in [2.45, 2.75) is 11.8 Å². The molecule has 1 N–H and O–H groups in total. The Hall–Kier alpha value is -5.24. The minimum Gasteiger partial charge on any atom is -0.457 e. The molecule has 0 saturated carbocycles. The van der Waals surface area contributed by atoms with Gasteiger partial charge in [-0.05, 0) is 58.7 Å². The number of carbonyl (C=O) groups excluding carboxylic acids is 4. The fraction of sp³-hybridized carbons (Fsp3) is 0.176. The lowest BCUT2D eigenvalue weighted by atomic mass is 9.55. The number of hydrogen-bond donors (Lipinski definition) is 1. The highest BCUT2D eigenvalue weighted by Crippen LogP contribution is 2.60. The first-order valence-corrected chi connectivity index (χ1v) is 13.8. The number of nitrogens with one attached hydrogen (secondary N) is 1. The number of esters is 1. The van der Waals surface area contributed by atoms with E-state index in [1.807, 2.05) is 78.9 Å². The summed E-state index contributed by atoms with van der Waals surface area (Å²) in [6.45, 7) is -1.08. The highest BCUT2D eigenvalue weighted by Gasteiger charge is 2.61. The van der Waals surface area contributed by atoms with Crippen molar-refractivity contribution in [3.05, 3.63) is 125 Å². The number of anilines is 1. The maximum absolute atomic E-state index is 13.6. The fourth-order valence-electron chi connectivity index (χ4n) is 6.64. The Bertz CT molecular complexity index is 1600. The summed E-state index contributed by atoms with van der Waals surface area (Å²) in [5.74, 6) is -2.46. The van der Waals surface area contributed by atoms with Crippen LogP contribution in [0.5, 0.6) is 11.5 Å². The molecule has 1 aliphatic heterocycles. The molecule has 1 fully saturated rings. The van der Waals surface area contributed by atoms with E-state index >= 15 is 0 Å². The molecule has 1 heterocycles. The summed E-state index contributed by atoms with van der Waals surface area (Å²) in [7, 11) is 0. The second-order valence-corrected chi connectivity index (χ2v) is 10.7. The van der Waals surface area contributed by atoms with Crippen molar-refractivity contribution >= 4 is 29.4 Å². The number of likely N-dealkylation sites (tertiary alicyclic amines) is 1. The van der Waals surface area contributed by atoms with Gasteiger partial charge in [0.2, 0.25) is 11.8 Å². The molecule has 208 valence electrons. The van der Waals surface area contributed by atoms with Crippen LogP contribution in [0.2, 0.25) is 0 Å². The number of amides is 3. The van der Waals surface area contributed by atoms with Crippen molar-refractivity contribution in [3.8, 4) is 11.5 Å². The van der Waals surface area contributed by atoms with Crippen molar-refractivity contribution in [1.29, 1.82) is 0 Å². The predicted molar refractivity (Wildman–Crippen MR) is 153 cm³/mol. The number of imide groups is 1. The number of nitrogens with zero attached hydrogens (tertiary/aromatic N) is 1. The third-order valence-corrected chi connectivity index (χ3v) is 8.31. The van der Waals surface area contributed by atoms with E-state index in [1.165, 1.54) is 0 Å². The van der Waals surface area contributed by atoms with Gasteiger partial charge in [0.05, 0.1) is 11.8 Å². The van der Waals surface area contributed by atoms with Crippen molar-refractivity contribution in [1.82, 2.24) is 4.90 Å². The van der Waals surface area contributed by atoms with Crippen molar-refractivity contribution in [2.75, 3.05) is 18.5 Å². The first-order valence-electron chi connectivity index (χ1n) is 13.8. The fourth-order valence-corrected chi connectivity index (χ4v) is 6.64. The molecule has 8 heteroatoms. The molecule has 3 aliphatic carbocycles. The van der Waals surface area contributed by atoms with Gasteiger partial charge in [-0.2, -0.15) is 0 Å². The Labute approximate surface area is 241 Å². The molecule has 8 rings (SSSR count). The summed E-state index contributed by atoms with van der Waals surface area (Å²) in [6.07, 6.45) is 0. The molecule has 2 atom stereocenters. The largest absolute Gasteiger partial charge is 0.457 e. The summed E-state index contributed by atoms with van der Waals surface area (Å²) < 4.78 is 10.9. The topological polar surface area (TPSA) is 102 Å². The molecule has 0 radical (unpaired) electrons. The average molecular weight is 559 g/mol. The van der Waals surface area contributed by atoms with Crippen molar-refractivity contribution in [3.63, 3.8) is 0 Å². The third-order valence-electron chi connectivity index (χ3n) is 8.31. The maximum Gasteiger partial charge on any atom is 0.326 e. The van der Waals surface area contributed by atoms with E-state index in [0.29, 0.717) is 17.2 Å². The number of rotatable bonds is 7. The first kappa shape index (κ1) is 25.7. The van der Waals surface area contributed by atoms with Crippen LogP contribution in [0.1, 0.15) is 34.1 Å². The van der Waals surface area contributed by atoms with E-state index in [2.05, 4.69) is 5.32 Å². The average Bonchev–Trinajstić information content (AvgIpc) is 3.27. The molecule has 8 nitrogen and oxygen atoms in total. The van der Waals surface area contributed by atoms with Gasteiger partial charge in [0.1, 0.15) is 18.0 Å². The van der Waals surface area contributed by atoms with E-state index in [9.17, 15) is 19.2 Å². The molecule has 1 saturated heterocycles. The Kier molecular flexibility index (Phi) is 6.31. The second-order valence-electron chi connectivity index (χ2n) is 10.7. The first-order chi connectivity index (χ1) is 20.5. The SMILES string of the molecule is O=C(COC(=O)CN1C(=O)[C@H]2C3c4ccccc4C(c4ccccc43)[C@@H]2C1=O)Nc1ccc(Oc2ccccc2)cc1. The highest BCUT2D eigenvalue weighted by atomic mass is 16.5. The van der Waals surface area contributed by atoms with Gasteiger partial charge < -0.3 is 14.8 Å². The zero-order valence-corrected chi connectivity index (χ0v) is 22.4. The highest BCUT2D eigenvalue weighted by molar-refractivity contribution is 6.09. The standard InChI is InChI=1S/C34H26N2O6/c37-27(35-20-14-16-22(17-15-20)42-21-8-2-1-3-9-21)19-41-28(38)18-36-33(39)31-29-23-10-4-5-11-24(23)30(32(31)34(36)40)26-13-7-6-12-25(26)29/h1-17,29-32H,18-19H2,(H,35,37)/t29?,30?,31-,32-/m0/s1. The number of benzene rings is 4. The van der Waals surface area contributed by atoms with Gasteiger partial charge in [0, 0.05) is 17.5 Å². The molecular formula is C34H26N2O6. The lowest BCUT2D eigenvalue weighted by molar-refractivity contribution is -0.154. The van der Waals surface area contributed by atoms with E-state index in [-0.39, 0.29) is 23.7 Å². The molecule has 0 unspecified atom stereocenters. The van der Waals surface area contributed by atoms with Crippen LogP contribution in [0.15, 0.2) is 103 Å². The van der Waals surface area contributed by atoms with Crippen LogP contribution in [0.4, 0.5) is 5.69 Å². The van der Waals surface area contributed by atoms with Gasteiger partial charge in [0.25, 0.3) is 5.91 Å². The van der Waals surface area contributed by atoms with Crippen LogP contribution >= 0.6 is 0 Å². The molecule has 2 bridgehead atoms. The Morgan fingerprint density at radius 1 is 0.643 bits per heavy atom. The van der Waals surface area contributed by atoms with E-state index in [1.54, 1.807) is 24.3 Å². The summed E-state index contributed by atoms with van der Waals surface area (Å²) in [5, 5.41) is 2.66. The third kappa shape index (κ3) is 4.32.